The summed E-state index contributed by atoms with van der Waals surface area (Å²) in [4.78, 5) is 37.6. The zero-order chi connectivity index (χ0) is 18.7. The third-order valence-corrected chi connectivity index (χ3v) is 4.33. The Hall–Kier alpha value is -3.15. The molecule has 2 N–H and O–H groups in total. The number of hydrogen-bond donors (Lipinski definition) is 2. The highest BCUT2D eigenvalue weighted by Crippen LogP contribution is 2.21. The summed E-state index contributed by atoms with van der Waals surface area (Å²) in [5.41, 5.74) is 2.70. The van der Waals surface area contributed by atoms with Crippen molar-refractivity contribution in [1.29, 1.82) is 0 Å². The van der Waals surface area contributed by atoms with Gasteiger partial charge in [0.25, 0.3) is 11.8 Å². The van der Waals surface area contributed by atoms with Gasteiger partial charge in [0.2, 0.25) is 0 Å². The number of carbonyl (C=O) groups is 3. The normalized spacial score (nSPS) is 13.1. The molecule has 1 heterocycles. The Morgan fingerprint density at radius 1 is 0.962 bits per heavy atom. The standard InChI is InChI=1S/C20H21N3O3/c1-13(2)14-7-9-15(10-8-14)22-20(26)21-11-12-23-18(24)16-5-3-4-6-17(16)19(23)25/h3-10,13H,11-12H2,1-2H3,(H2,21,22,26). The van der Waals surface area contributed by atoms with Gasteiger partial charge in [0.05, 0.1) is 11.1 Å². The molecule has 0 unspecified atom stereocenters. The van der Waals surface area contributed by atoms with E-state index in [1.807, 2.05) is 24.3 Å². The lowest BCUT2D eigenvalue weighted by Crippen LogP contribution is -2.39. The first kappa shape index (κ1) is 17.7. The third kappa shape index (κ3) is 3.59. The van der Waals surface area contributed by atoms with Gasteiger partial charge in [-0.15, -0.1) is 0 Å². The maximum absolute atomic E-state index is 12.2. The van der Waals surface area contributed by atoms with Crippen molar-refractivity contribution in [2.24, 2.45) is 0 Å². The molecule has 3 rings (SSSR count). The predicted molar refractivity (Wildman–Crippen MR) is 99.4 cm³/mol. The van der Waals surface area contributed by atoms with E-state index < -0.39 is 0 Å². The van der Waals surface area contributed by atoms with Crippen LogP contribution >= 0.6 is 0 Å². The monoisotopic (exact) mass is 351 g/mol. The third-order valence-electron chi connectivity index (χ3n) is 4.33. The highest BCUT2D eigenvalue weighted by molar-refractivity contribution is 6.21. The molecule has 0 saturated heterocycles. The van der Waals surface area contributed by atoms with Crippen LogP contribution in [0.4, 0.5) is 10.5 Å². The molecule has 2 aromatic rings. The Morgan fingerprint density at radius 3 is 2.08 bits per heavy atom. The molecule has 4 amide bonds. The van der Waals surface area contributed by atoms with Crippen LogP contribution in [0.25, 0.3) is 0 Å². The van der Waals surface area contributed by atoms with Gasteiger partial charge in [0, 0.05) is 18.8 Å². The second kappa shape index (κ2) is 7.39. The van der Waals surface area contributed by atoms with Gasteiger partial charge < -0.3 is 10.6 Å². The van der Waals surface area contributed by atoms with Crippen LogP contribution in [0.1, 0.15) is 46.0 Å². The Morgan fingerprint density at radius 2 is 1.54 bits per heavy atom. The van der Waals surface area contributed by atoms with Crippen LogP contribution in [0, 0.1) is 0 Å². The van der Waals surface area contributed by atoms with Crippen LogP contribution in [0.3, 0.4) is 0 Å². The molecule has 0 bridgehead atoms. The number of rotatable bonds is 5. The number of amides is 4. The van der Waals surface area contributed by atoms with E-state index >= 15 is 0 Å². The number of anilines is 1. The molecular formula is C20H21N3O3. The van der Waals surface area contributed by atoms with E-state index in [2.05, 4.69) is 24.5 Å². The molecule has 0 fully saturated rings. The Labute approximate surface area is 152 Å². The van der Waals surface area contributed by atoms with Crippen molar-refractivity contribution in [3.05, 3.63) is 65.2 Å². The average molecular weight is 351 g/mol. The minimum atomic E-state index is -0.376. The molecular weight excluding hydrogens is 330 g/mol. The van der Waals surface area contributed by atoms with Gasteiger partial charge >= 0.3 is 6.03 Å². The molecule has 0 aliphatic carbocycles. The summed E-state index contributed by atoms with van der Waals surface area (Å²) >= 11 is 0. The number of fused-ring (bicyclic) bond motifs is 1. The fourth-order valence-electron chi connectivity index (χ4n) is 2.85. The van der Waals surface area contributed by atoms with E-state index in [9.17, 15) is 14.4 Å². The molecule has 0 aromatic heterocycles. The minimum absolute atomic E-state index is 0.131. The lowest BCUT2D eigenvalue weighted by atomic mass is 10.0. The zero-order valence-electron chi connectivity index (χ0n) is 14.8. The van der Waals surface area contributed by atoms with Crippen molar-refractivity contribution < 1.29 is 14.4 Å². The largest absolute Gasteiger partial charge is 0.336 e. The number of urea groups is 1. The maximum Gasteiger partial charge on any atom is 0.319 e. The quantitative estimate of drug-likeness (QED) is 0.812. The number of hydrogen-bond acceptors (Lipinski definition) is 3. The number of carbonyl (C=O) groups excluding carboxylic acids is 3. The summed E-state index contributed by atoms with van der Waals surface area (Å²) in [7, 11) is 0. The summed E-state index contributed by atoms with van der Waals surface area (Å²) in [5.74, 6) is -0.216. The number of imide groups is 1. The van der Waals surface area contributed by atoms with Gasteiger partial charge in [-0.1, -0.05) is 38.1 Å². The van der Waals surface area contributed by atoms with Crippen LogP contribution in [0.5, 0.6) is 0 Å². The zero-order valence-corrected chi connectivity index (χ0v) is 14.8. The van der Waals surface area contributed by atoms with E-state index in [4.69, 9.17) is 0 Å². The molecule has 1 aliphatic heterocycles. The van der Waals surface area contributed by atoms with E-state index in [1.165, 1.54) is 5.56 Å². The van der Waals surface area contributed by atoms with Gasteiger partial charge in [-0.2, -0.15) is 0 Å². The van der Waals surface area contributed by atoms with E-state index in [1.54, 1.807) is 24.3 Å². The van der Waals surface area contributed by atoms with Crippen molar-refractivity contribution in [2.75, 3.05) is 18.4 Å². The first-order valence-electron chi connectivity index (χ1n) is 8.57. The summed E-state index contributed by atoms with van der Waals surface area (Å²) in [5, 5.41) is 5.40. The van der Waals surface area contributed by atoms with Crippen LogP contribution < -0.4 is 10.6 Å². The topological polar surface area (TPSA) is 78.5 Å². The molecule has 6 heteroatoms. The molecule has 2 aromatic carbocycles. The van der Waals surface area contributed by atoms with Gasteiger partial charge in [-0.25, -0.2) is 4.79 Å². The molecule has 0 radical (unpaired) electrons. The Kier molecular flexibility index (Phi) is 5.02. The van der Waals surface area contributed by atoms with Gasteiger partial charge in [-0.05, 0) is 35.7 Å². The van der Waals surface area contributed by atoms with Gasteiger partial charge in [0.1, 0.15) is 0 Å². The summed E-state index contributed by atoms with van der Waals surface area (Å²) in [6, 6.07) is 14.0. The molecule has 26 heavy (non-hydrogen) atoms. The predicted octanol–water partition coefficient (Wildman–Crippen LogP) is 3.23. The Balaban J connectivity index is 1.50. The molecule has 0 saturated carbocycles. The minimum Gasteiger partial charge on any atom is -0.336 e. The second-order valence-corrected chi connectivity index (χ2v) is 6.47. The van der Waals surface area contributed by atoms with Crippen molar-refractivity contribution >= 4 is 23.5 Å². The van der Waals surface area contributed by atoms with Crippen LogP contribution in [-0.4, -0.2) is 35.8 Å². The lowest BCUT2D eigenvalue weighted by Gasteiger charge is -2.14. The Bertz CT molecular complexity index is 809. The molecule has 0 spiro atoms. The fraction of sp³-hybridized carbons (Fsp3) is 0.250. The van der Waals surface area contributed by atoms with E-state index in [0.29, 0.717) is 22.7 Å². The molecule has 1 aliphatic rings. The number of nitrogens with one attached hydrogen (secondary N) is 2. The smallest absolute Gasteiger partial charge is 0.319 e. The highest BCUT2D eigenvalue weighted by atomic mass is 16.2. The summed E-state index contributed by atoms with van der Waals surface area (Å²) in [6.07, 6.45) is 0. The summed E-state index contributed by atoms with van der Waals surface area (Å²) < 4.78 is 0. The van der Waals surface area contributed by atoms with Crippen molar-refractivity contribution in [3.63, 3.8) is 0 Å². The van der Waals surface area contributed by atoms with Gasteiger partial charge in [0.15, 0.2) is 0 Å². The van der Waals surface area contributed by atoms with Gasteiger partial charge in [-0.3, -0.25) is 14.5 Å². The molecule has 0 atom stereocenters. The summed E-state index contributed by atoms with van der Waals surface area (Å²) in [6.45, 7) is 4.52. The van der Waals surface area contributed by atoms with E-state index in [-0.39, 0.29) is 30.9 Å². The second-order valence-electron chi connectivity index (χ2n) is 6.47. The van der Waals surface area contributed by atoms with Crippen LogP contribution in [-0.2, 0) is 0 Å². The fourth-order valence-corrected chi connectivity index (χ4v) is 2.85. The van der Waals surface area contributed by atoms with Crippen molar-refractivity contribution in [3.8, 4) is 0 Å². The first-order valence-corrected chi connectivity index (χ1v) is 8.57. The lowest BCUT2D eigenvalue weighted by molar-refractivity contribution is 0.0656. The van der Waals surface area contributed by atoms with Crippen LogP contribution in [0.15, 0.2) is 48.5 Å². The average Bonchev–Trinajstić information content (AvgIpc) is 2.87. The van der Waals surface area contributed by atoms with Crippen LogP contribution in [0.2, 0.25) is 0 Å². The SMILES string of the molecule is CC(C)c1ccc(NC(=O)NCCN2C(=O)c3ccccc3C2=O)cc1. The highest BCUT2D eigenvalue weighted by Gasteiger charge is 2.34. The maximum atomic E-state index is 12.2. The molecule has 6 nitrogen and oxygen atoms in total. The van der Waals surface area contributed by atoms with E-state index in [0.717, 1.165) is 4.90 Å². The first-order chi connectivity index (χ1) is 12.5. The molecule has 134 valence electrons. The number of benzene rings is 2. The van der Waals surface area contributed by atoms with Crippen molar-refractivity contribution in [1.82, 2.24) is 10.2 Å². The number of nitrogens with zero attached hydrogens (tertiary/aromatic N) is 1. The van der Waals surface area contributed by atoms with Crippen molar-refractivity contribution in [2.45, 2.75) is 19.8 Å².